The van der Waals surface area contributed by atoms with E-state index >= 15 is 0 Å². The van der Waals surface area contributed by atoms with Gasteiger partial charge in [-0.25, -0.2) is 0 Å². The highest BCUT2D eigenvalue weighted by Gasteiger charge is 2.19. The Morgan fingerprint density at radius 3 is 3.06 bits per heavy atom. The van der Waals surface area contributed by atoms with E-state index in [1.54, 1.807) is 0 Å². The quantitative estimate of drug-likeness (QED) is 0.803. The Morgan fingerprint density at radius 1 is 1.59 bits per heavy atom. The number of benzene rings is 1. The molecule has 1 heterocycles. The van der Waals surface area contributed by atoms with E-state index in [0.29, 0.717) is 6.42 Å². The van der Waals surface area contributed by atoms with Crippen molar-refractivity contribution < 1.29 is 9.59 Å². The molecule has 0 saturated carbocycles. The average molecular weight is 253 g/mol. The SMILES string of the molecule is CC(NC(=O)CCl)c1ccc2c(c1)CC(=O)N2. The van der Waals surface area contributed by atoms with Crippen LogP contribution in [0, 0.1) is 0 Å². The van der Waals surface area contributed by atoms with Crippen molar-refractivity contribution in [1.29, 1.82) is 0 Å². The molecule has 1 aromatic rings. The van der Waals surface area contributed by atoms with Crippen molar-refractivity contribution in [2.24, 2.45) is 0 Å². The standard InChI is InChI=1S/C12H13ClN2O2/c1-7(14-12(17)6-13)8-2-3-10-9(4-8)5-11(16)15-10/h2-4,7H,5-6H2,1H3,(H,14,17)(H,15,16). The fraction of sp³-hybridized carbons (Fsp3) is 0.333. The summed E-state index contributed by atoms with van der Waals surface area (Å²) in [7, 11) is 0. The summed E-state index contributed by atoms with van der Waals surface area (Å²) in [5.74, 6) is -0.238. The largest absolute Gasteiger partial charge is 0.349 e. The van der Waals surface area contributed by atoms with Crippen molar-refractivity contribution in [3.8, 4) is 0 Å². The summed E-state index contributed by atoms with van der Waals surface area (Å²) >= 11 is 5.43. The zero-order chi connectivity index (χ0) is 12.4. The first-order valence-corrected chi connectivity index (χ1v) is 5.91. The summed E-state index contributed by atoms with van der Waals surface area (Å²) in [6.07, 6.45) is 0.402. The third-order valence-corrected chi connectivity index (χ3v) is 3.00. The molecule has 1 aromatic carbocycles. The number of fused-ring (bicyclic) bond motifs is 1. The van der Waals surface area contributed by atoms with Crippen molar-refractivity contribution in [2.75, 3.05) is 11.2 Å². The van der Waals surface area contributed by atoms with Crippen LogP contribution in [0.4, 0.5) is 5.69 Å². The number of nitrogens with one attached hydrogen (secondary N) is 2. The molecule has 0 aromatic heterocycles. The van der Waals surface area contributed by atoms with Gasteiger partial charge in [-0.15, -0.1) is 11.6 Å². The molecule has 2 rings (SSSR count). The number of rotatable bonds is 3. The lowest BCUT2D eigenvalue weighted by Gasteiger charge is -2.14. The fourth-order valence-electron chi connectivity index (χ4n) is 1.88. The normalized spacial score (nSPS) is 15.1. The van der Waals surface area contributed by atoms with Crippen molar-refractivity contribution in [2.45, 2.75) is 19.4 Å². The van der Waals surface area contributed by atoms with Crippen LogP contribution in [0.3, 0.4) is 0 Å². The van der Waals surface area contributed by atoms with E-state index in [1.807, 2.05) is 25.1 Å². The van der Waals surface area contributed by atoms with Crippen LogP contribution in [0.5, 0.6) is 0 Å². The van der Waals surface area contributed by atoms with Gasteiger partial charge in [-0.2, -0.15) is 0 Å². The zero-order valence-corrected chi connectivity index (χ0v) is 10.2. The predicted octanol–water partition coefficient (Wildman–Crippen LogP) is 1.60. The Balaban J connectivity index is 2.15. The van der Waals surface area contributed by atoms with Gasteiger partial charge in [-0.3, -0.25) is 9.59 Å². The minimum absolute atomic E-state index is 0.00889. The molecule has 0 spiro atoms. The average Bonchev–Trinajstić information content (AvgIpc) is 2.67. The molecule has 0 radical (unpaired) electrons. The van der Waals surface area contributed by atoms with Crippen LogP contribution >= 0.6 is 11.6 Å². The van der Waals surface area contributed by atoms with Crippen molar-refractivity contribution in [3.05, 3.63) is 29.3 Å². The molecular formula is C12H13ClN2O2. The van der Waals surface area contributed by atoms with E-state index in [9.17, 15) is 9.59 Å². The summed E-state index contributed by atoms with van der Waals surface area (Å²) < 4.78 is 0. The monoisotopic (exact) mass is 252 g/mol. The zero-order valence-electron chi connectivity index (χ0n) is 9.42. The molecule has 17 heavy (non-hydrogen) atoms. The predicted molar refractivity (Wildman–Crippen MR) is 66.1 cm³/mol. The van der Waals surface area contributed by atoms with Gasteiger partial charge >= 0.3 is 0 Å². The van der Waals surface area contributed by atoms with E-state index in [0.717, 1.165) is 16.8 Å². The maximum Gasteiger partial charge on any atom is 0.235 e. The van der Waals surface area contributed by atoms with Crippen LogP contribution in [-0.4, -0.2) is 17.7 Å². The molecule has 1 aliphatic rings. The van der Waals surface area contributed by atoms with Crippen LogP contribution in [0.25, 0.3) is 0 Å². The Bertz CT molecular complexity index is 474. The van der Waals surface area contributed by atoms with E-state index in [-0.39, 0.29) is 23.7 Å². The van der Waals surface area contributed by atoms with E-state index in [4.69, 9.17) is 11.6 Å². The summed E-state index contributed by atoms with van der Waals surface area (Å²) in [6, 6.07) is 5.58. The van der Waals surface area contributed by atoms with Crippen molar-refractivity contribution in [1.82, 2.24) is 5.32 Å². The van der Waals surface area contributed by atoms with E-state index < -0.39 is 0 Å². The van der Waals surface area contributed by atoms with Gasteiger partial charge in [0.2, 0.25) is 11.8 Å². The third kappa shape index (κ3) is 2.58. The second-order valence-electron chi connectivity index (χ2n) is 4.06. The molecule has 0 saturated heterocycles. The number of carbonyl (C=O) groups excluding carboxylic acids is 2. The molecule has 90 valence electrons. The van der Waals surface area contributed by atoms with Gasteiger partial charge in [0.05, 0.1) is 12.5 Å². The first-order valence-electron chi connectivity index (χ1n) is 5.38. The summed E-state index contributed by atoms with van der Waals surface area (Å²) in [5, 5.41) is 5.54. The smallest absolute Gasteiger partial charge is 0.235 e. The molecule has 1 aliphatic heterocycles. The molecule has 0 fully saturated rings. The molecule has 1 unspecified atom stereocenters. The number of hydrogen-bond donors (Lipinski definition) is 2. The Labute approximate surface area is 104 Å². The number of hydrogen-bond acceptors (Lipinski definition) is 2. The molecule has 0 bridgehead atoms. The first kappa shape index (κ1) is 11.9. The van der Waals surface area contributed by atoms with Gasteiger partial charge in [0, 0.05) is 5.69 Å². The van der Waals surface area contributed by atoms with Gasteiger partial charge in [-0.05, 0) is 24.1 Å². The lowest BCUT2D eigenvalue weighted by Crippen LogP contribution is -2.27. The number of alkyl halides is 1. The van der Waals surface area contributed by atoms with Gasteiger partial charge in [-0.1, -0.05) is 12.1 Å². The summed E-state index contributed by atoms with van der Waals surface area (Å²) in [4.78, 5) is 22.4. The van der Waals surface area contributed by atoms with Crippen molar-refractivity contribution in [3.63, 3.8) is 0 Å². The van der Waals surface area contributed by atoms with Crippen LogP contribution < -0.4 is 10.6 Å². The second-order valence-corrected chi connectivity index (χ2v) is 4.33. The van der Waals surface area contributed by atoms with Gasteiger partial charge < -0.3 is 10.6 Å². The highest BCUT2D eigenvalue weighted by Crippen LogP contribution is 2.26. The van der Waals surface area contributed by atoms with Crippen LogP contribution in [-0.2, 0) is 16.0 Å². The minimum Gasteiger partial charge on any atom is -0.349 e. The van der Waals surface area contributed by atoms with E-state index in [2.05, 4.69) is 10.6 Å². The van der Waals surface area contributed by atoms with Crippen LogP contribution in [0.15, 0.2) is 18.2 Å². The lowest BCUT2D eigenvalue weighted by molar-refractivity contribution is -0.119. The molecule has 5 heteroatoms. The first-order chi connectivity index (χ1) is 8.10. The van der Waals surface area contributed by atoms with Crippen molar-refractivity contribution >= 4 is 29.1 Å². The molecule has 0 aliphatic carbocycles. The Morgan fingerprint density at radius 2 is 2.35 bits per heavy atom. The summed E-state index contributed by atoms with van der Waals surface area (Å²) in [5.41, 5.74) is 2.80. The molecule has 4 nitrogen and oxygen atoms in total. The minimum atomic E-state index is -0.200. The second kappa shape index (κ2) is 4.75. The molecular weight excluding hydrogens is 240 g/mol. The fourth-order valence-corrected chi connectivity index (χ4v) is 1.96. The van der Waals surface area contributed by atoms with Crippen LogP contribution in [0.2, 0.25) is 0 Å². The molecule has 2 N–H and O–H groups in total. The number of halogens is 1. The number of anilines is 1. The number of amides is 2. The third-order valence-electron chi connectivity index (χ3n) is 2.75. The van der Waals surface area contributed by atoms with E-state index in [1.165, 1.54) is 0 Å². The Hall–Kier alpha value is -1.55. The summed E-state index contributed by atoms with van der Waals surface area (Å²) in [6.45, 7) is 1.89. The number of carbonyl (C=O) groups is 2. The highest BCUT2D eigenvalue weighted by atomic mass is 35.5. The highest BCUT2D eigenvalue weighted by molar-refractivity contribution is 6.27. The lowest BCUT2D eigenvalue weighted by atomic mass is 10.0. The van der Waals surface area contributed by atoms with Crippen LogP contribution in [0.1, 0.15) is 24.1 Å². The Kier molecular flexibility index (Phi) is 3.33. The molecule has 1 atom stereocenters. The molecule has 2 amide bonds. The maximum absolute atomic E-state index is 11.2. The van der Waals surface area contributed by atoms with Gasteiger partial charge in [0.15, 0.2) is 0 Å². The van der Waals surface area contributed by atoms with Gasteiger partial charge in [0.25, 0.3) is 0 Å². The topological polar surface area (TPSA) is 58.2 Å². The maximum atomic E-state index is 11.2. The van der Waals surface area contributed by atoms with Gasteiger partial charge in [0.1, 0.15) is 5.88 Å².